The van der Waals surface area contributed by atoms with Crippen molar-refractivity contribution in [1.29, 1.82) is 0 Å². The lowest BCUT2D eigenvalue weighted by atomic mass is 10.2. The van der Waals surface area contributed by atoms with Crippen molar-refractivity contribution in [2.24, 2.45) is 0 Å². The van der Waals surface area contributed by atoms with Gasteiger partial charge in [-0.2, -0.15) is 0 Å². The number of rotatable bonds is 6. The van der Waals surface area contributed by atoms with Crippen molar-refractivity contribution in [2.45, 2.75) is 28.9 Å². The Morgan fingerprint density at radius 3 is 2.70 bits per heavy atom. The molecule has 1 aliphatic heterocycles. The van der Waals surface area contributed by atoms with Gasteiger partial charge in [0.2, 0.25) is 9.70 Å². The van der Waals surface area contributed by atoms with E-state index in [4.69, 9.17) is 39.5 Å². The van der Waals surface area contributed by atoms with Crippen molar-refractivity contribution in [3.63, 3.8) is 0 Å². The van der Waals surface area contributed by atoms with Gasteiger partial charge in [0.25, 0.3) is 0 Å². The van der Waals surface area contributed by atoms with Gasteiger partial charge in [0, 0.05) is 19.2 Å². The number of halogens is 3. The van der Waals surface area contributed by atoms with E-state index in [1.54, 1.807) is 6.08 Å². The Hall–Kier alpha value is -0.780. The van der Waals surface area contributed by atoms with E-state index < -0.39 is 9.96 Å². The van der Waals surface area contributed by atoms with Gasteiger partial charge in [-0.3, -0.25) is 10.1 Å². The van der Waals surface area contributed by atoms with Crippen LogP contribution in [0.25, 0.3) is 6.08 Å². The molecule has 2 rings (SSSR count). The van der Waals surface area contributed by atoms with Crippen LogP contribution in [0.2, 0.25) is 0 Å². The molecular weight excluding hydrogens is 359 g/mol. The molecule has 0 saturated carbocycles. The van der Waals surface area contributed by atoms with Crippen LogP contribution in [0.4, 0.5) is 0 Å². The number of carbonyl (C=O) groups is 1. The molecule has 1 aromatic rings. The fourth-order valence-corrected chi connectivity index (χ4v) is 2.62. The van der Waals surface area contributed by atoms with Crippen LogP contribution in [0, 0.1) is 0 Å². The zero-order valence-corrected chi connectivity index (χ0v) is 14.7. The minimum atomic E-state index is -1.66. The molecule has 0 aliphatic carbocycles. The highest BCUT2D eigenvalue weighted by molar-refractivity contribution is 6.68. The summed E-state index contributed by atoms with van der Waals surface area (Å²) in [6, 6.07) is 9.48. The number of carbonyl (C=O) groups excluding carboxylic acids is 1. The second-order valence-electron chi connectivity index (χ2n) is 5.27. The molecule has 4 nitrogen and oxygen atoms in total. The molecule has 2 N–H and O–H groups in total. The fourth-order valence-electron chi connectivity index (χ4n) is 2.23. The van der Waals surface area contributed by atoms with Gasteiger partial charge in [0.1, 0.15) is 6.17 Å². The minimum Gasteiger partial charge on any atom is -0.377 e. The molecule has 1 aromatic carbocycles. The van der Waals surface area contributed by atoms with Gasteiger partial charge in [0.05, 0.1) is 6.10 Å². The summed E-state index contributed by atoms with van der Waals surface area (Å²) in [6.45, 7) is 1.26. The molecule has 2 atom stereocenters. The first-order valence-corrected chi connectivity index (χ1v) is 8.54. The van der Waals surface area contributed by atoms with Gasteiger partial charge in [-0.25, -0.2) is 0 Å². The summed E-state index contributed by atoms with van der Waals surface area (Å²) in [6.07, 6.45) is 4.38. The monoisotopic (exact) mass is 376 g/mol. The molecule has 0 radical (unpaired) electrons. The topological polar surface area (TPSA) is 50.4 Å². The highest BCUT2D eigenvalue weighted by Gasteiger charge is 2.34. The van der Waals surface area contributed by atoms with Crippen LogP contribution < -0.4 is 10.6 Å². The van der Waals surface area contributed by atoms with E-state index in [1.165, 1.54) is 6.08 Å². The van der Waals surface area contributed by atoms with Gasteiger partial charge in [-0.1, -0.05) is 65.1 Å². The predicted molar refractivity (Wildman–Crippen MR) is 94.7 cm³/mol. The summed E-state index contributed by atoms with van der Waals surface area (Å²) < 4.78 is 3.85. The van der Waals surface area contributed by atoms with Crippen LogP contribution in [0.3, 0.4) is 0 Å². The minimum absolute atomic E-state index is 0.0848. The summed E-state index contributed by atoms with van der Waals surface area (Å²) in [5.41, 5.74) is 0.917. The van der Waals surface area contributed by atoms with Gasteiger partial charge in [-0.15, -0.1) is 0 Å². The maximum Gasteiger partial charge on any atom is 0.245 e. The smallest absolute Gasteiger partial charge is 0.245 e. The molecule has 1 saturated heterocycles. The number of alkyl halides is 3. The Morgan fingerprint density at radius 2 is 2.09 bits per heavy atom. The lowest BCUT2D eigenvalue weighted by molar-refractivity contribution is -0.117. The van der Waals surface area contributed by atoms with Crippen LogP contribution in [0.5, 0.6) is 0 Å². The molecule has 0 bridgehead atoms. The van der Waals surface area contributed by atoms with Crippen LogP contribution in [0.15, 0.2) is 36.4 Å². The first kappa shape index (κ1) is 18.6. The maximum absolute atomic E-state index is 12.0. The van der Waals surface area contributed by atoms with Gasteiger partial charge < -0.3 is 10.1 Å². The highest BCUT2D eigenvalue weighted by atomic mass is 35.6. The van der Waals surface area contributed by atoms with E-state index in [2.05, 4.69) is 10.6 Å². The summed E-state index contributed by atoms with van der Waals surface area (Å²) in [5, 5.41) is 5.71. The third kappa shape index (κ3) is 6.69. The Bertz CT molecular complexity index is 526. The Morgan fingerprint density at radius 1 is 1.35 bits per heavy atom. The molecule has 2 unspecified atom stereocenters. The first-order chi connectivity index (χ1) is 10.9. The summed E-state index contributed by atoms with van der Waals surface area (Å²) in [7, 11) is 0. The molecule has 0 aromatic heterocycles. The third-order valence-corrected chi connectivity index (χ3v) is 4.07. The van der Waals surface area contributed by atoms with E-state index in [0.29, 0.717) is 6.54 Å². The van der Waals surface area contributed by atoms with Crippen molar-refractivity contribution in [1.82, 2.24) is 10.6 Å². The van der Waals surface area contributed by atoms with E-state index in [9.17, 15) is 4.79 Å². The molecule has 23 heavy (non-hydrogen) atoms. The van der Waals surface area contributed by atoms with Crippen molar-refractivity contribution in [3.05, 3.63) is 42.0 Å². The van der Waals surface area contributed by atoms with E-state index >= 15 is 0 Å². The van der Waals surface area contributed by atoms with Crippen LogP contribution >= 0.6 is 34.8 Å². The van der Waals surface area contributed by atoms with Gasteiger partial charge >= 0.3 is 0 Å². The Kier molecular flexibility index (Phi) is 7.18. The van der Waals surface area contributed by atoms with Crippen molar-refractivity contribution >= 4 is 46.8 Å². The molecule has 1 heterocycles. The van der Waals surface area contributed by atoms with Crippen LogP contribution in [0.1, 0.15) is 18.4 Å². The quantitative estimate of drug-likeness (QED) is 0.454. The number of nitrogens with one attached hydrogen (secondary N) is 2. The van der Waals surface area contributed by atoms with Gasteiger partial charge in [0.15, 0.2) is 0 Å². The average Bonchev–Trinajstić information content (AvgIpc) is 3.02. The van der Waals surface area contributed by atoms with Crippen LogP contribution in [-0.2, 0) is 9.53 Å². The predicted octanol–water partition coefficient (Wildman–Crippen LogP) is 3.28. The second-order valence-corrected chi connectivity index (χ2v) is 7.64. The second kappa shape index (κ2) is 8.90. The Balaban J connectivity index is 1.88. The first-order valence-electron chi connectivity index (χ1n) is 7.40. The normalized spacial score (nSPS) is 19.9. The van der Waals surface area contributed by atoms with E-state index in [0.717, 1.165) is 25.0 Å². The lowest BCUT2D eigenvalue weighted by Gasteiger charge is -2.27. The zero-order chi connectivity index (χ0) is 16.7. The van der Waals surface area contributed by atoms with Crippen molar-refractivity contribution < 1.29 is 9.53 Å². The van der Waals surface area contributed by atoms with E-state index in [-0.39, 0.29) is 12.0 Å². The van der Waals surface area contributed by atoms with Crippen LogP contribution in [-0.4, -0.2) is 35.1 Å². The number of amides is 1. The molecule has 0 spiro atoms. The van der Waals surface area contributed by atoms with Crippen molar-refractivity contribution in [2.75, 3.05) is 13.2 Å². The molecule has 126 valence electrons. The zero-order valence-electron chi connectivity index (χ0n) is 12.5. The fraction of sp³-hybridized carbons (Fsp3) is 0.438. The SMILES string of the molecule is O=C(/C=C/c1ccccc1)NC(NCC1CCCO1)C(Cl)(Cl)Cl. The largest absolute Gasteiger partial charge is 0.377 e. The molecular formula is C16H19Cl3N2O2. The summed E-state index contributed by atoms with van der Waals surface area (Å²) >= 11 is 17.8. The average molecular weight is 378 g/mol. The van der Waals surface area contributed by atoms with Crippen molar-refractivity contribution in [3.8, 4) is 0 Å². The maximum atomic E-state index is 12.0. The Labute approximate surface area is 151 Å². The summed E-state index contributed by atoms with van der Waals surface area (Å²) in [4.78, 5) is 12.0. The number of hydrogen-bond acceptors (Lipinski definition) is 3. The summed E-state index contributed by atoms with van der Waals surface area (Å²) in [5.74, 6) is -0.343. The third-order valence-electron chi connectivity index (χ3n) is 3.41. The van der Waals surface area contributed by atoms with Gasteiger partial charge in [-0.05, 0) is 24.5 Å². The number of benzene rings is 1. The number of hydrogen-bond donors (Lipinski definition) is 2. The van der Waals surface area contributed by atoms with E-state index in [1.807, 2.05) is 30.3 Å². The standard InChI is InChI=1S/C16H19Cl3N2O2/c17-16(18,19)15(20-11-13-7-4-10-23-13)21-14(22)9-8-12-5-2-1-3-6-12/h1-3,5-6,8-9,13,15,20H,4,7,10-11H2,(H,21,22)/b9-8+. The molecule has 1 aliphatic rings. The molecule has 1 amide bonds. The number of ether oxygens (including phenoxy) is 1. The molecule has 1 fully saturated rings. The lowest BCUT2D eigenvalue weighted by Crippen LogP contribution is -2.54. The molecule has 7 heteroatoms. The highest BCUT2D eigenvalue weighted by Crippen LogP contribution is 2.29.